The summed E-state index contributed by atoms with van der Waals surface area (Å²) in [6, 6.07) is 4.13. The van der Waals surface area contributed by atoms with Crippen LogP contribution in [0.25, 0.3) is 0 Å². The summed E-state index contributed by atoms with van der Waals surface area (Å²) in [6.07, 6.45) is -0.639. The van der Waals surface area contributed by atoms with Crippen LogP contribution in [0, 0.1) is 6.92 Å². The van der Waals surface area contributed by atoms with Crippen molar-refractivity contribution in [2.24, 2.45) is 0 Å². The minimum Gasteiger partial charge on any atom is -0.466 e. The maximum absolute atomic E-state index is 11.1. The van der Waals surface area contributed by atoms with Crippen LogP contribution in [-0.2, 0) is 16.1 Å². The Morgan fingerprint density at radius 3 is 2.94 bits per heavy atom. The van der Waals surface area contributed by atoms with Crippen molar-refractivity contribution in [3.05, 3.63) is 21.9 Å². The normalized spacial score (nSPS) is 12.4. The zero-order valence-corrected chi connectivity index (χ0v) is 11.0. The Balaban J connectivity index is 2.15. The first-order chi connectivity index (χ1) is 8.11. The lowest BCUT2D eigenvalue weighted by molar-refractivity contribution is -0.145. The summed E-state index contributed by atoms with van der Waals surface area (Å²) >= 11 is 1.73. The number of carbonyl (C=O) groups is 1. The molecule has 0 aromatic carbocycles. The highest BCUT2D eigenvalue weighted by atomic mass is 32.1. The van der Waals surface area contributed by atoms with Crippen LogP contribution in [0.1, 0.15) is 23.1 Å². The number of rotatable bonds is 7. The molecule has 96 valence electrons. The first-order valence-electron chi connectivity index (χ1n) is 5.71. The van der Waals surface area contributed by atoms with Crippen LogP contribution in [0.15, 0.2) is 12.1 Å². The Morgan fingerprint density at radius 2 is 2.35 bits per heavy atom. The minimum absolute atomic E-state index is 0.0459. The van der Waals surface area contributed by atoms with Crippen molar-refractivity contribution in [1.29, 1.82) is 0 Å². The van der Waals surface area contributed by atoms with E-state index < -0.39 is 6.10 Å². The highest BCUT2D eigenvalue weighted by molar-refractivity contribution is 7.11. The summed E-state index contributed by atoms with van der Waals surface area (Å²) in [4.78, 5) is 13.6. The third kappa shape index (κ3) is 5.81. The average molecular weight is 257 g/mol. The van der Waals surface area contributed by atoms with E-state index in [0.717, 1.165) is 6.54 Å². The smallest absolute Gasteiger partial charge is 0.308 e. The standard InChI is InChI=1S/C12H19NO3S/c1-3-16-12(15)6-10(14)7-13-8-11-5-4-9(2)17-11/h4-5,10,13-14H,3,6-8H2,1-2H3. The summed E-state index contributed by atoms with van der Waals surface area (Å²) in [5, 5.41) is 12.7. The Labute approximate surface area is 106 Å². The maximum Gasteiger partial charge on any atom is 0.308 e. The van der Waals surface area contributed by atoms with Gasteiger partial charge in [-0.25, -0.2) is 0 Å². The molecule has 17 heavy (non-hydrogen) atoms. The molecule has 0 fully saturated rings. The largest absolute Gasteiger partial charge is 0.466 e. The van der Waals surface area contributed by atoms with Crippen LogP contribution in [0.5, 0.6) is 0 Å². The second kappa shape index (κ2) is 7.42. The molecule has 4 nitrogen and oxygen atoms in total. The van der Waals surface area contributed by atoms with Crippen LogP contribution < -0.4 is 5.32 Å². The number of ether oxygens (including phenoxy) is 1. The lowest BCUT2D eigenvalue weighted by atomic mass is 10.2. The van der Waals surface area contributed by atoms with Gasteiger partial charge in [0.25, 0.3) is 0 Å². The van der Waals surface area contributed by atoms with Gasteiger partial charge in [-0.3, -0.25) is 4.79 Å². The zero-order valence-electron chi connectivity index (χ0n) is 10.2. The molecule has 1 heterocycles. The van der Waals surface area contributed by atoms with Gasteiger partial charge < -0.3 is 15.2 Å². The van der Waals surface area contributed by atoms with E-state index in [-0.39, 0.29) is 12.4 Å². The number of hydrogen-bond donors (Lipinski definition) is 2. The first kappa shape index (κ1) is 14.2. The van der Waals surface area contributed by atoms with E-state index in [9.17, 15) is 9.90 Å². The van der Waals surface area contributed by atoms with Crippen molar-refractivity contribution in [3.8, 4) is 0 Å². The van der Waals surface area contributed by atoms with Crippen molar-refractivity contribution in [1.82, 2.24) is 5.32 Å². The summed E-state index contributed by atoms with van der Waals surface area (Å²) in [5.74, 6) is -0.353. The molecular formula is C12H19NO3S. The number of esters is 1. The molecule has 0 amide bonds. The fraction of sp³-hybridized carbons (Fsp3) is 0.583. The molecule has 0 aliphatic carbocycles. The molecule has 1 aromatic rings. The number of aliphatic hydroxyl groups is 1. The Morgan fingerprint density at radius 1 is 1.59 bits per heavy atom. The van der Waals surface area contributed by atoms with Gasteiger partial charge in [0.15, 0.2) is 0 Å². The third-order valence-corrected chi connectivity index (χ3v) is 3.18. The van der Waals surface area contributed by atoms with Crippen LogP contribution in [0.2, 0.25) is 0 Å². The molecule has 1 atom stereocenters. The maximum atomic E-state index is 11.1. The molecule has 1 rings (SSSR count). The number of hydrogen-bond acceptors (Lipinski definition) is 5. The predicted octanol–water partition coefficient (Wildman–Crippen LogP) is 1.46. The fourth-order valence-corrected chi connectivity index (χ4v) is 2.29. The van der Waals surface area contributed by atoms with Gasteiger partial charge in [-0.2, -0.15) is 0 Å². The first-order valence-corrected chi connectivity index (χ1v) is 6.53. The molecule has 0 saturated carbocycles. The zero-order chi connectivity index (χ0) is 12.7. The molecule has 1 unspecified atom stereocenters. The number of aryl methyl sites for hydroxylation is 1. The highest BCUT2D eigenvalue weighted by Crippen LogP contribution is 2.14. The summed E-state index contributed by atoms with van der Waals surface area (Å²) < 4.78 is 4.76. The van der Waals surface area contributed by atoms with Gasteiger partial charge in [0.05, 0.1) is 19.1 Å². The molecule has 0 bridgehead atoms. The highest BCUT2D eigenvalue weighted by Gasteiger charge is 2.11. The molecule has 0 radical (unpaired) electrons. The summed E-state index contributed by atoms with van der Waals surface area (Å²) in [6.45, 7) is 5.28. The van der Waals surface area contributed by atoms with E-state index in [1.54, 1.807) is 18.3 Å². The van der Waals surface area contributed by atoms with E-state index >= 15 is 0 Å². The van der Waals surface area contributed by atoms with E-state index in [1.807, 2.05) is 0 Å². The second-order valence-electron chi connectivity index (χ2n) is 3.81. The van der Waals surface area contributed by atoms with Crippen molar-refractivity contribution in [3.63, 3.8) is 0 Å². The Hall–Kier alpha value is -0.910. The number of aliphatic hydroxyl groups excluding tert-OH is 1. The summed E-state index contributed by atoms with van der Waals surface area (Å²) in [5.41, 5.74) is 0. The number of nitrogens with one attached hydrogen (secondary N) is 1. The molecule has 1 aromatic heterocycles. The van der Waals surface area contributed by atoms with Gasteiger partial charge >= 0.3 is 5.97 Å². The van der Waals surface area contributed by atoms with Crippen molar-refractivity contribution >= 4 is 17.3 Å². The monoisotopic (exact) mass is 257 g/mol. The molecule has 0 aliphatic rings. The van der Waals surface area contributed by atoms with Gasteiger partial charge in [-0.1, -0.05) is 0 Å². The lowest BCUT2D eigenvalue weighted by Crippen LogP contribution is -2.28. The van der Waals surface area contributed by atoms with E-state index in [4.69, 9.17) is 4.74 Å². The van der Waals surface area contributed by atoms with Crippen molar-refractivity contribution in [2.45, 2.75) is 32.9 Å². The van der Waals surface area contributed by atoms with Crippen LogP contribution in [-0.4, -0.2) is 30.3 Å². The Bertz CT molecular complexity index is 351. The molecular weight excluding hydrogens is 238 g/mol. The lowest BCUT2D eigenvalue weighted by Gasteiger charge is -2.10. The SMILES string of the molecule is CCOC(=O)CC(O)CNCc1ccc(C)s1. The second-order valence-corrected chi connectivity index (χ2v) is 5.18. The average Bonchev–Trinajstić information content (AvgIpc) is 2.64. The molecule has 2 N–H and O–H groups in total. The van der Waals surface area contributed by atoms with E-state index in [2.05, 4.69) is 24.4 Å². The molecule has 0 spiro atoms. The topological polar surface area (TPSA) is 58.6 Å². The van der Waals surface area contributed by atoms with Gasteiger partial charge in [0.1, 0.15) is 0 Å². The minimum atomic E-state index is -0.685. The van der Waals surface area contributed by atoms with Crippen LogP contribution in [0.3, 0.4) is 0 Å². The number of thiophene rings is 1. The third-order valence-electron chi connectivity index (χ3n) is 2.18. The predicted molar refractivity (Wildman–Crippen MR) is 68.0 cm³/mol. The molecule has 0 saturated heterocycles. The summed E-state index contributed by atoms with van der Waals surface area (Å²) in [7, 11) is 0. The van der Waals surface area contributed by atoms with Gasteiger partial charge in [-0.15, -0.1) is 11.3 Å². The fourth-order valence-electron chi connectivity index (χ4n) is 1.43. The van der Waals surface area contributed by atoms with Gasteiger partial charge in [0.2, 0.25) is 0 Å². The van der Waals surface area contributed by atoms with Crippen molar-refractivity contribution in [2.75, 3.05) is 13.2 Å². The van der Waals surface area contributed by atoms with Gasteiger partial charge in [0, 0.05) is 22.8 Å². The van der Waals surface area contributed by atoms with Crippen LogP contribution >= 0.6 is 11.3 Å². The molecule has 0 aliphatic heterocycles. The van der Waals surface area contributed by atoms with Crippen molar-refractivity contribution < 1.29 is 14.6 Å². The van der Waals surface area contributed by atoms with E-state index in [0.29, 0.717) is 13.2 Å². The molecule has 5 heteroatoms. The number of carbonyl (C=O) groups excluding carboxylic acids is 1. The Kier molecular flexibility index (Phi) is 6.18. The van der Waals surface area contributed by atoms with Crippen LogP contribution in [0.4, 0.5) is 0 Å². The van der Waals surface area contributed by atoms with E-state index in [1.165, 1.54) is 9.75 Å². The van der Waals surface area contributed by atoms with Gasteiger partial charge in [-0.05, 0) is 26.0 Å². The quantitative estimate of drug-likeness (QED) is 0.726.